The molecule has 0 bridgehead atoms. The van der Waals surface area contributed by atoms with Crippen molar-refractivity contribution in [1.82, 2.24) is 10.2 Å². The van der Waals surface area contributed by atoms with Crippen molar-refractivity contribution in [1.29, 1.82) is 0 Å². The summed E-state index contributed by atoms with van der Waals surface area (Å²) in [4.78, 5) is 14.1. The molecule has 23 heavy (non-hydrogen) atoms. The number of amides is 1. The number of carbonyl (C=O) groups excluding carboxylic acids is 1. The van der Waals surface area contributed by atoms with Crippen molar-refractivity contribution in [2.45, 2.75) is 45.6 Å². The van der Waals surface area contributed by atoms with E-state index in [1.165, 1.54) is 18.4 Å². The zero-order valence-corrected chi connectivity index (χ0v) is 14.7. The van der Waals surface area contributed by atoms with E-state index in [-0.39, 0.29) is 5.91 Å². The van der Waals surface area contributed by atoms with Gasteiger partial charge in [0.15, 0.2) is 0 Å². The highest BCUT2D eigenvalue weighted by Gasteiger charge is 2.20. The quantitative estimate of drug-likeness (QED) is 0.840. The molecule has 1 aliphatic rings. The third-order valence-corrected chi connectivity index (χ3v) is 4.56. The van der Waals surface area contributed by atoms with Crippen LogP contribution in [0.15, 0.2) is 24.3 Å². The van der Waals surface area contributed by atoms with E-state index in [0.717, 1.165) is 31.1 Å². The van der Waals surface area contributed by atoms with E-state index < -0.39 is 0 Å². The summed E-state index contributed by atoms with van der Waals surface area (Å²) in [7, 11) is 1.96. The van der Waals surface area contributed by atoms with E-state index in [1.54, 1.807) is 0 Å². The minimum absolute atomic E-state index is 0.127. The zero-order valence-electron chi connectivity index (χ0n) is 14.7. The highest BCUT2D eigenvalue weighted by atomic mass is 16.5. The monoisotopic (exact) mass is 318 g/mol. The molecule has 1 aromatic carbocycles. The van der Waals surface area contributed by atoms with Crippen LogP contribution >= 0.6 is 0 Å². The number of aryl methyl sites for hydroxylation is 1. The van der Waals surface area contributed by atoms with Gasteiger partial charge in [-0.15, -0.1) is 0 Å². The predicted octanol–water partition coefficient (Wildman–Crippen LogP) is 3.00. The van der Waals surface area contributed by atoms with Crippen molar-refractivity contribution >= 4 is 5.91 Å². The van der Waals surface area contributed by atoms with Gasteiger partial charge in [0.25, 0.3) is 0 Å². The molecule has 2 rings (SSSR count). The van der Waals surface area contributed by atoms with Crippen molar-refractivity contribution in [3.8, 4) is 5.75 Å². The van der Waals surface area contributed by atoms with Crippen LogP contribution in [-0.4, -0.2) is 43.6 Å². The number of carbonyl (C=O) groups is 1. The third kappa shape index (κ3) is 6.61. The fourth-order valence-corrected chi connectivity index (χ4v) is 2.96. The summed E-state index contributed by atoms with van der Waals surface area (Å²) in [6, 6.07) is 8.41. The molecule has 0 heterocycles. The van der Waals surface area contributed by atoms with Gasteiger partial charge in [0.2, 0.25) is 5.91 Å². The highest BCUT2D eigenvalue weighted by molar-refractivity contribution is 5.78. The molecule has 4 nitrogen and oxygen atoms in total. The van der Waals surface area contributed by atoms with Crippen LogP contribution < -0.4 is 10.1 Å². The van der Waals surface area contributed by atoms with Crippen LogP contribution in [-0.2, 0) is 4.79 Å². The van der Waals surface area contributed by atoms with E-state index in [0.29, 0.717) is 19.2 Å². The maximum absolute atomic E-state index is 12.1. The molecule has 128 valence electrons. The molecule has 0 aromatic heterocycles. The number of nitrogens with one attached hydrogen (secondary N) is 1. The Morgan fingerprint density at radius 1 is 1.22 bits per heavy atom. The number of benzene rings is 1. The van der Waals surface area contributed by atoms with E-state index in [9.17, 15) is 4.79 Å². The van der Waals surface area contributed by atoms with Crippen LogP contribution in [0.25, 0.3) is 0 Å². The maximum atomic E-state index is 12.1. The Balaban J connectivity index is 1.61. The summed E-state index contributed by atoms with van der Waals surface area (Å²) < 4.78 is 5.70. The van der Waals surface area contributed by atoms with Crippen molar-refractivity contribution in [2.75, 3.05) is 26.7 Å². The Labute approximate surface area is 140 Å². The molecule has 1 N–H and O–H groups in total. The first-order chi connectivity index (χ1) is 11.0. The van der Waals surface area contributed by atoms with Crippen molar-refractivity contribution in [3.05, 3.63) is 29.8 Å². The first kappa shape index (κ1) is 17.8. The van der Waals surface area contributed by atoms with Gasteiger partial charge in [0.1, 0.15) is 12.4 Å². The highest BCUT2D eigenvalue weighted by Crippen LogP contribution is 2.23. The minimum atomic E-state index is 0.127. The molecule has 1 amide bonds. The van der Waals surface area contributed by atoms with Gasteiger partial charge in [-0.1, -0.05) is 24.6 Å². The predicted molar refractivity (Wildman–Crippen MR) is 93.7 cm³/mol. The summed E-state index contributed by atoms with van der Waals surface area (Å²) in [5, 5.41) is 3.16. The normalized spacial score (nSPS) is 21.2. The van der Waals surface area contributed by atoms with Crippen LogP contribution in [0.5, 0.6) is 5.75 Å². The van der Waals surface area contributed by atoms with Crippen molar-refractivity contribution in [2.24, 2.45) is 5.92 Å². The van der Waals surface area contributed by atoms with Crippen LogP contribution in [0, 0.1) is 12.8 Å². The Hall–Kier alpha value is -1.55. The minimum Gasteiger partial charge on any atom is -0.492 e. The third-order valence-electron chi connectivity index (χ3n) is 4.56. The zero-order chi connectivity index (χ0) is 16.7. The second kappa shape index (κ2) is 8.92. The molecule has 1 saturated carbocycles. The van der Waals surface area contributed by atoms with Crippen LogP contribution in [0.1, 0.15) is 38.2 Å². The molecule has 1 aliphatic carbocycles. The lowest BCUT2D eigenvalue weighted by Crippen LogP contribution is -2.43. The Morgan fingerprint density at radius 2 is 1.87 bits per heavy atom. The van der Waals surface area contributed by atoms with E-state index in [1.807, 2.05) is 36.2 Å². The standard InChI is InChI=1S/C19H30N2O2/c1-15-4-8-17(9-5-15)20-19(22)14-21(3)12-13-23-18-10-6-16(2)7-11-18/h6-7,10-11,15,17H,4-5,8-9,12-14H2,1-3H3,(H,20,22). The topological polar surface area (TPSA) is 41.6 Å². The smallest absolute Gasteiger partial charge is 0.234 e. The number of ether oxygens (including phenoxy) is 1. The molecule has 0 saturated heterocycles. The lowest BCUT2D eigenvalue weighted by Gasteiger charge is -2.27. The number of hydrogen-bond acceptors (Lipinski definition) is 3. The Bertz CT molecular complexity index is 479. The summed E-state index contributed by atoms with van der Waals surface area (Å²) >= 11 is 0. The lowest BCUT2D eigenvalue weighted by molar-refractivity contribution is -0.123. The number of likely N-dealkylation sites (N-methyl/N-ethyl adjacent to an activating group) is 1. The number of nitrogens with zero attached hydrogens (tertiary/aromatic N) is 1. The summed E-state index contributed by atoms with van der Waals surface area (Å²) in [6.07, 6.45) is 4.69. The average Bonchev–Trinajstić information content (AvgIpc) is 2.51. The Morgan fingerprint density at radius 3 is 2.52 bits per heavy atom. The number of rotatable bonds is 7. The van der Waals surface area contributed by atoms with E-state index in [2.05, 4.69) is 19.2 Å². The fraction of sp³-hybridized carbons (Fsp3) is 0.632. The fourth-order valence-electron chi connectivity index (χ4n) is 2.96. The van der Waals surface area contributed by atoms with Gasteiger partial charge in [-0.2, -0.15) is 0 Å². The second-order valence-corrected chi connectivity index (χ2v) is 6.92. The van der Waals surface area contributed by atoms with Crippen LogP contribution in [0.4, 0.5) is 0 Å². The molecular formula is C19H30N2O2. The molecule has 1 fully saturated rings. The molecular weight excluding hydrogens is 288 g/mol. The van der Waals surface area contributed by atoms with E-state index in [4.69, 9.17) is 4.74 Å². The maximum Gasteiger partial charge on any atom is 0.234 e. The van der Waals surface area contributed by atoms with Gasteiger partial charge >= 0.3 is 0 Å². The molecule has 0 aliphatic heterocycles. The summed E-state index contributed by atoms with van der Waals surface area (Å²) in [5.74, 6) is 1.82. The van der Waals surface area contributed by atoms with Gasteiger partial charge in [-0.05, 0) is 57.7 Å². The Kier molecular flexibility index (Phi) is 6.90. The number of hydrogen-bond donors (Lipinski definition) is 1. The van der Waals surface area contributed by atoms with Crippen LogP contribution in [0.2, 0.25) is 0 Å². The van der Waals surface area contributed by atoms with Crippen molar-refractivity contribution in [3.63, 3.8) is 0 Å². The molecule has 0 atom stereocenters. The van der Waals surface area contributed by atoms with Crippen LogP contribution in [0.3, 0.4) is 0 Å². The largest absolute Gasteiger partial charge is 0.492 e. The summed E-state index contributed by atoms with van der Waals surface area (Å²) in [6.45, 7) is 6.11. The molecule has 0 spiro atoms. The SMILES string of the molecule is Cc1ccc(OCCN(C)CC(=O)NC2CCC(C)CC2)cc1. The lowest BCUT2D eigenvalue weighted by atomic mass is 9.87. The first-order valence-electron chi connectivity index (χ1n) is 8.70. The van der Waals surface area contributed by atoms with Gasteiger partial charge in [0, 0.05) is 12.6 Å². The molecule has 0 radical (unpaired) electrons. The van der Waals surface area contributed by atoms with E-state index >= 15 is 0 Å². The average molecular weight is 318 g/mol. The van der Waals surface area contributed by atoms with Gasteiger partial charge in [0.05, 0.1) is 6.54 Å². The second-order valence-electron chi connectivity index (χ2n) is 6.92. The first-order valence-corrected chi connectivity index (χ1v) is 8.70. The van der Waals surface area contributed by atoms with Gasteiger partial charge < -0.3 is 10.1 Å². The summed E-state index contributed by atoms with van der Waals surface area (Å²) in [5.41, 5.74) is 1.23. The molecule has 0 unspecified atom stereocenters. The van der Waals surface area contributed by atoms with Gasteiger partial charge in [-0.3, -0.25) is 9.69 Å². The van der Waals surface area contributed by atoms with Gasteiger partial charge in [-0.25, -0.2) is 0 Å². The molecule has 4 heteroatoms. The van der Waals surface area contributed by atoms with Crippen molar-refractivity contribution < 1.29 is 9.53 Å². The molecule has 1 aromatic rings.